The number of aryl methyl sites for hydroxylation is 1. The van der Waals surface area contributed by atoms with E-state index in [4.69, 9.17) is 4.42 Å². The highest BCUT2D eigenvalue weighted by Crippen LogP contribution is 2.37. The Balaban J connectivity index is 1.64. The average Bonchev–Trinajstić information content (AvgIpc) is 3.25. The van der Waals surface area contributed by atoms with E-state index in [0.29, 0.717) is 17.2 Å². The summed E-state index contributed by atoms with van der Waals surface area (Å²) in [6.07, 6.45) is 1.70. The summed E-state index contributed by atoms with van der Waals surface area (Å²) >= 11 is 5.06. The molecule has 2 aromatic heterocycles. The summed E-state index contributed by atoms with van der Waals surface area (Å²) in [5.74, 6) is 1.12. The van der Waals surface area contributed by atoms with Crippen molar-refractivity contribution in [3.05, 3.63) is 76.2 Å². The highest BCUT2D eigenvalue weighted by molar-refractivity contribution is 9.10. The number of aromatic amines is 1. The lowest BCUT2D eigenvalue weighted by atomic mass is 10.2. The highest BCUT2D eigenvalue weighted by Gasteiger charge is 2.13. The Morgan fingerprint density at radius 2 is 2.00 bits per heavy atom. The molecule has 4 aromatic rings. The molecular formula is C21H14BrN3OS. The first-order valence-electron chi connectivity index (χ1n) is 8.23. The molecule has 0 aliphatic carbocycles. The van der Waals surface area contributed by atoms with Gasteiger partial charge in [-0.2, -0.15) is 5.26 Å². The predicted octanol–water partition coefficient (Wildman–Crippen LogP) is 6.44. The Bertz CT molecular complexity index is 1150. The van der Waals surface area contributed by atoms with Crippen molar-refractivity contribution >= 4 is 50.4 Å². The number of para-hydroxylation sites is 2. The van der Waals surface area contributed by atoms with Gasteiger partial charge >= 0.3 is 0 Å². The zero-order chi connectivity index (χ0) is 18.8. The van der Waals surface area contributed by atoms with Crippen LogP contribution >= 0.6 is 27.7 Å². The molecule has 0 saturated heterocycles. The fraction of sp³-hybridized carbons (Fsp3) is 0.0476. The molecule has 6 heteroatoms. The Morgan fingerprint density at radius 1 is 1.22 bits per heavy atom. The number of imidazole rings is 1. The molecule has 0 atom stereocenters. The van der Waals surface area contributed by atoms with Gasteiger partial charge in [0, 0.05) is 11.0 Å². The molecule has 27 heavy (non-hydrogen) atoms. The standard InChI is InChI=1S/C21H14BrN3OS/c1-13-6-8-16(9-7-13)27-21-17(22)11-15(26-21)10-14(12-23)20-24-18-4-2-3-5-19(18)25-20/h2-11H,1H3,(H,24,25)/b14-10-. The number of halogens is 1. The van der Waals surface area contributed by atoms with Crippen LogP contribution in [-0.4, -0.2) is 9.97 Å². The van der Waals surface area contributed by atoms with Gasteiger partial charge in [-0.05, 0) is 53.2 Å². The van der Waals surface area contributed by atoms with Gasteiger partial charge in [0.05, 0.1) is 21.1 Å². The number of fused-ring (bicyclic) bond motifs is 1. The molecule has 0 fully saturated rings. The SMILES string of the molecule is Cc1ccc(Sc2oc(/C=C(/C#N)c3nc4ccccc4[nH]3)cc2Br)cc1. The Kier molecular flexibility index (Phi) is 4.88. The normalized spacial score (nSPS) is 11.7. The van der Waals surface area contributed by atoms with Gasteiger partial charge in [0.2, 0.25) is 0 Å². The molecule has 0 bridgehead atoms. The number of nitrogens with one attached hydrogen (secondary N) is 1. The molecule has 0 unspecified atom stereocenters. The van der Waals surface area contributed by atoms with Gasteiger partial charge in [-0.25, -0.2) is 4.98 Å². The number of furan rings is 1. The average molecular weight is 436 g/mol. The lowest BCUT2D eigenvalue weighted by Crippen LogP contribution is -1.84. The van der Waals surface area contributed by atoms with Crippen molar-refractivity contribution in [2.24, 2.45) is 0 Å². The van der Waals surface area contributed by atoms with Crippen LogP contribution < -0.4 is 0 Å². The van der Waals surface area contributed by atoms with Crippen molar-refractivity contribution in [2.45, 2.75) is 16.9 Å². The molecule has 0 radical (unpaired) electrons. The van der Waals surface area contributed by atoms with Gasteiger partial charge in [-0.15, -0.1) is 0 Å². The van der Waals surface area contributed by atoms with E-state index >= 15 is 0 Å². The summed E-state index contributed by atoms with van der Waals surface area (Å²) in [6.45, 7) is 2.06. The van der Waals surface area contributed by atoms with E-state index in [1.165, 1.54) is 17.3 Å². The van der Waals surface area contributed by atoms with Crippen molar-refractivity contribution in [1.82, 2.24) is 9.97 Å². The molecule has 132 valence electrons. The van der Waals surface area contributed by atoms with Crippen molar-refractivity contribution in [2.75, 3.05) is 0 Å². The summed E-state index contributed by atoms with van der Waals surface area (Å²) in [5.41, 5.74) is 3.35. The second-order valence-corrected chi connectivity index (χ2v) is 7.87. The summed E-state index contributed by atoms with van der Waals surface area (Å²) in [6, 6.07) is 20.0. The van der Waals surface area contributed by atoms with E-state index in [-0.39, 0.29) is 0 Å². The van der Waals surface area contributed by atoms with E-state index in [1.54, 1.807) is 6.08 Å². The molecule has 0 aliphatic rings. The fourth-order valence-corrected chi connectivity index (χ4v) is 3.93. The highest BCUT2D eigenvalue weighted by atomic mass is 79.9. The molecule has 0 aliphatic heterocycles. The molecule has 0 amide bonds. The Morgan fingerprint density at radius 3 is 2.74 bits per heavy atom. The lowest BCUT2D eigenvalue weighted by molar-refractivity contribution is 0.463. The maximum absolute atomic E-state index is 9.57. The van der Waals surface area contributed by atoms with Gasteiger partial charge in [-0.1, -0.05) is 41.6 Å². The molecule has 0 spiro atoms. The number of aromatic nitrogens is 2. The number of hydrogen-bond acceptors (Lipinski definition) is 4. The van der Waals surface area contributed by atoms with Gasteiger partial charge in [0.15, 0.2) is 5.09 Å². The third kappa shape index (κ3) is 3.85. The quantitative estimate of drug-likeness (QED) is 0.374. The molecule has 1 N–H and O–H groups in total. The number of nitrogens with zero attached hydrogens (tertiary/aromatic N) is 2. The first-order valence-corrected chi connectivity index (χ1v) is 9.84. The zero-order valence-corrected chi connectivity index (χ0v) is 16.8. The van der Waals surface area contributed by atoms with Crippen molar-refractivity contribution < 1.29 is 4.42 Å². The van der Waals surface area contributed by atoms with Gasteiger partial charge in [-0.3, -0.25) is 0 Å². The number of benzene rings is 2. The second kappa shape index (κ2) is 7.47. The van der Waals surface area contributed by atoms with E-state index < -0.39 is 0 Å². The largest absolute Gasteiger partial charge is 0.449 e. The van der Waals surface area contributed by atoms with Crippen LogP contribution in [-0.2, 0) is 0 Å². The molecular weight excluding hydrogens is 422 g/mol. The minimum Gasteiger partial charge on any atom is -0.449 e. The summed E-state index contributed by atoms with van der Waals surface area (Å²) in [4.78, 5) is 8.74. The van der Waals surface area contributed by atoms with Crippen LogP contribution in [0.3, 0.4) is 0 Å². The monoisotopic (exact) mass is 435 g/mol. The first kappa shape index (κ1) is 17.7. The van der Waals surface area contributed by atoms with Crippen molar-refractivity contribution in [3.8, 4) is 6.07 Å². The first-order chi connectivity index (χ1) is 13.1. The molecule has 4 rings (SSSR count). The van der Waals surface area contributed by atoms with Crippen LogP contribution in [0.1, 0.15) is 17.1 Å². The van der Waals surface area contributed by atoms with Crippen LogP contribution in [0.15, 0.2) is 73.5 Å². The van der Waals surface area contributed by atoms with Crippen molar-refractivity contribution in [3.63, 3.8) is 0 Å². The minimum atomic E-state index is 0.416. The van der Waals surface area contributed by atoms with Gasteiger partial charge < -0.3 is 9.40 Å². The van der Waals surface area contributed by atoms with E-state index in [0.717, 1.165) is 25.5 Å². The Labute approximate surface area is 169 Å². The third-order valence-electron chi connectivity index (χ3n) is 3.96. The van der Waals surface area contributed by atoms with Crippen molar-refractivity contribution in [1.29, 1.82) is 5.26 Å². The van der Waals surface area contributed by atoms with Gasteiger partial charge in [0.1, 0.15) is 17.7 Å². The Hall–Kier alpha value is -2.75. The molecule has 0 saturated carbocycles. The van der Waals surface area contributed by atoms with E-state index in [1.807, 2.05) is 30.3 Å². The molecule has 4 nitrogen and oxygen atoms in total. The summed E-state index contributed by atoms with van der Waals surface area (Å²) < 4.78 is 6.77. The van der Waals surface area contributed by atoms with Gasteiger partial charge in [0.25, 0.3) is 0 Å². The van der Waals surface area contributed by atoms with Crippen LogP contribution in [0.25, 0.3) is 22.7 Å². The van der Waals surface area contributed by atoms with Crippen LogP contribution in [0.4, 0.5) is 0 Å². The fourth-order valence-electron chi connectivity index (χ4n) is 2.60. The molecule has 2 heterocycles. The third-order valence-corrected chi connectivity index (χ3v) is 5.81. The van der Waals surface area contributed by atoms with Crippen LogP contribution in [0.2, 0.25) is 0 Å². The zero-order valence-electron chi connectivity index (χ0n) is 14.4. The second-order valence-electron chi connectivity index (χ2n) is 5.97. The van der Waals surface area contributed by atoms with Crippen LogP contribution in [0, 0.1) is 18.3 Å². The lowest BCUT2D eigenvalue weighted by Gasteiger charge is -1.99. The topological polar surface area (TPSA) is 65.6 Å². The smallest absolute Gasteiger partial charge is 0.179 e. The molecule has 2 aromatic carbocycles. The number of allylic oxidation sites excluding steroid dienone is 1. The summed E-state index contributed by atoms with van der Waals surface area (Å²) in [7, 11) is 0. The number of rotatable bonds is 4. The number of hydrogen-bond donors (Lipinski definition) is 1. The van der Waals surface area contributed by atoms with E-state index in [2.05, 4.69) is 63.2 Å². The maximum Gasteiger partial charge on any atom is 0.179 e. The number of H-pyrrole nitrogens is 1. The summed E-state index contributed by atoms with van der Waals surface area (Å²) in [5, 5.41) is 10.3. The number of nitriles is 1. The minimum absolute atomic E-state index is 0.416. The van der Waals surface area contributed by atoms with Crippen LogP contribution in [0.5, 0.6) is 0 Å². The predicted molar refractivity (Wildman–Crippen MR) is 111 cm³/mol. The maximum atomic E-state index is 9.57. The van der Waals surface area contributed by atoms with E-state index in [9.17, 15) is 5.26 Å².